The second-order valence-corrected chi connectivity index (χ2v) is 6.05. The molecule has 0 aromatic heterocycles. The Morgan fingerprint density at radius 1 is 1.11 bits per heavy atom. The van der Waals surface area contributed by atoms with Gasteiger partial charge in [0, 0.05) is 6.54 Å². The van der Waals surface area contributed by atoms with Crippen LogP contribution in [0.2, 0.25) is 0 Å². The van der Waals surface area contributed by atoms with E-state index in [1.54, 1.807) is 0 Å². The van der Waals surface area contributed by atoms with Crippen LogP contribution in [0.5, 0.6) is 0 Å². The molecule has 0 bridgehead atoms. The van der Waals surface area contributed by atoms with Crippen molar-refractivity contribution in [3.63, 3.8) is 0 Å². The summed E-state index contributed by atoms with van der Waals surface area (Å²) in [5, 5.41) is 11.0. The first kappa shape index (κ1) is 14.3. The summed E-state index contributed by atoms with van der Waals surface area (Å²) in [6.45, 7) is 2.03. The Morgan fingerprint density at radius 2 is 1.79 bits per heavy atom. The van der Waals surface area contributed by atoms with E-state index in [2.05, 4.69) is 10.2 Å². The number of nitrogens with one attached hydrogen (secondary N) is 1. The topological polar surface area (TPSA) is 69.6 Å². The molecule has 1 spiro atoms. The number of hydrogen-bond donors (Lipinski definition) is 2. The van der Waals surface area contributed by atoms with Crippen LogP contribution in [0.4, 0.5) is 0 Å². The normalized spacial score (nSPS) is 23.2. The zero-order valence-electron chi connectivity index (χ0n) is 11.5. The fourth-order valence-corrected chi connectivity index (χ4v) is 3.59. The number of carboxylic acids is 1. The van der Waals surface area contributed by atoms with Gasteiger partial charge in [-0.3, -0.25) is 14.5 Å². The van der Waals surface area contributed by atoms with E-state index in [1.807, 2.05) is 0 Å². The van der Waals surface area contributed by atoms with Gasteiger partial charge in [-0.2, -0.15) is 0 Å². The van der Waals surface area contributed by atoms with Gasteiger partial charge in [0.2, 0.25) is 5.91 Å². The van der Waals surface area contributed by atoms with E-state index >= 15 is 0 Å². The van der Waals surface area contributed by atoms with Gasteiger partial charge in [-0.05, 0) is 37.6 Å². The Hall–Kier alpha value is -1.10. The molecule has 1 saturated carbocycles. The fourth-order valence-electron chi connectivity index (χ4n) is 3.59. The molecule has 19 heavy (non-hydrogen) atoms. The molecule has 0 unspecified atom stereocenters. The summed E-state index contributed by atoms with van der Waals surface area (Å²) in [7, 11) is 0. The quantitative estimate of drug-likeness (QED) is 0.804. The summed E-state index contributed by atoms with van der Waals surface area (Å²) in [4.78, 5) is 24.3. The smallest absolute Gasteiger partial charge is 0.322 e. The molecule has 1 amide bonds. The van der Waals surface area contributed by atoms with Crippen molar-refractivity contribution in [1.82, 2.24) is 10.2 Å². The van der Waals surface area contributed by atoms with Crippen molar-refractivity contribution in [3.8, 4) is 0 Å². The third-order valence-corrected chi connectivity index (χ3v) is 4.46. The van der Waals surface area contributed by atoms with Crippen LogP contribution in [0.3, 0.4) is 0 Å². The minimum absolute atomic E-state index is 0.171. The van der Waals surface area contributed by atoms with Crippen molar-refractivity contribution in [2.45, 2.75) is 44.9 Å². The highest BCUT2D eigenvalue weighted by Gasteiger charge is 2.36. The molecule has 0 radical (unpaired) electrons. The van der Waals surface area contributed by atoms with E-state index in [4.69, 9.17) is 5.11 Å². The first-order valence-electron chi connectivity index (χ1n) is 7.31. The lowest BCUT2D eigenvalue weighted by Crippen LogP contribution is -2.48. The van der Waals surface area contributed by atoms with Crippen molar-refractivity contribution in [3.05, 3.63) is 0 Å². The maximum absolute atomic E-state index is 11.7. The van der Waals surface area contributed by atoms with E-state index in [9.17, 15) is 9.59 Å². The van der Waals surface area contributed by atoms with Crippen LogP contribution in [-0.2, 0) is 9.59 Å². The number of aliphatic carboxylic acids is 1. The monoisotopic (exact) mass is 268 g/mol. The van der Waals surface area contributed by atoms with Crippen molar-refractivity contribution in [2.24, 2.45) is 5.41 Å². The molecule has 5 nitrogen and oxygen atoms in total. The van der Waals surface area contributed by atoms with Gasteiger partial charge in [0.15, 0.2) is 0 Å². The lowest BCUT2D eigenvalue weighted by atomic mass is 9.69. The number of amides is 1. The molecule has 2 aliphatic rings. The number of carbonyl (C=O) groups excluding carboxylic acids is 1. The van der Waals surface area contributed by atoms with Gasteiger partial charge in [-0.1, -0.05) is 19.3 Å². The Morgan fingerprint density at radius 3 is 2.47 bits per heavy atom. The molecule has 1 saturated heterocycles. The molecule has 108 valence electrons. The molecular formula is C14H24N2O3. The van der Waals surface area contributed by atoms with Gasteiger partial charge in [-0.15, -0.1) is 0 Å². The number of rotatable bonds is 4. The summed E-state index contributed by atoms with van der Waals surface area (Å²) in [5.74, 6) is -1.16. The molecule has 1 heterocycles. The maximum Gasteiger partial charge on any atom is 0.322 e. The highest BCUT2D eigenvalue weighted by Crippen LogP contribution is 2.42. The van der Waals surface area contributed by atoms with Crippen molar-refractivity contribution >= 4 is 11.9 Å². The first-order valence-corrected chi connectivity index (χ1v) is 7.31. The Bertz CT molecular complexity index is 332. The average molecular weight is 268 g/mol. The Labute approximate surface area is 114 Å². The SMILES string of the molecule is O=C(O)CNC(=O)CN1CCCC2(CCCCC2)C1. The van der Waals surface area contributed by atoms with Gasteiger partial charge in [0.05, 0.1) is 6.54 Å². The molecular weight excluding hydrogens is 244 g/mol. The number of carboxylic acid groups (broad SMARTS) is 1. The maximum atomic E-state index is 11.7. The third-order valence-electron chi connectivity index (χ3n) is 4.46. The van der Waals surface area contributed by atoms with Crippen molar-refractivity contribution in [1.29, 1.82) is 0 Å². The van der Waals surface area contributed by atoms with Crippen LogP contribution < -0.4 is 5.32 Å². The summed E-state index contributed by atoms with van der Waals surface area (Å²) >= 11 is 0. The zero-order chi connectivity index (χ0) is 13.7. The van der Waals surface area contributed by atoms with Crippen LogP contribution in [-0.4, -0.2) is 48.1 Å². The highest BCUT2D eigenvalue weighted by molar-refractivity contribution is 5.82. The molecule has 2 rings (SSSR count). The van der Waals surface area contributed by atoms with Crippen LogP contribution in [0.25, 0.3) is 0 Å². The predicted molar refractivity (Wildman–Crippen MR) is 71.8 cm³/mol. The lowest BCUT2D eigenvalue weighted by molar-refractivity contribution is -0.138. The van der Waals surface area contributed by atoms with E-state index < -0.39 is 5.97 Å². The first-order chi connectivity index (χ1) is 9.10. The Balaban J connectivity index is 1.80. The number of nitrogens with zero attached hydrogens (tertiary/aromatic N) is 1. The standard InChI is InChI=1S/C14H24N2O3/c17-12(15-9-13(18)19)10-16-8-4-7-14(11-16)5-2-1-3-6-14/h1-11H2,(H,15,17)(H,18,19). The van der Waals surface area contributed by atoms with E-state index in [0.29, 0.717) is 12.0 Å². The predicted octanol–water partition coefficient (Wildman–Crippen LogP) is 1.23. The summed E-state index contributed by atoms with van der Waals surface area (Å²) < 4.78 is 0. The summed E-state index contributed by atoms with van der Waals surface area (Å²) in [5.41, 5.74) is 0.434. The number of likely N-dealkylation sites (tertiary alicyclic amines) is 1. The number of carbonyl (C=O) groups is 2. The number of hydrogen-bond acceptors (Lipinski definition) is 3. The second-order valence-electron chi connectivity index (χ2n) is 6.05. The van der Waals surface area contributed by atoms with Gasteiger partial charge in [-0.25, -0.2) is 0 Å². The Kier molecular flexibility index (Phi) is 4.80. The van der Waals surface area contributed by atoms with Crippen LogP contribution in [0, 0.1) is 5.41 Å². The van der Waals surface area contributed by atoms with E-state index in [-0.39, 0.29) is 12.5 Å². The summed E-state index contributed by atoms with van der Waals surface area (Å²) in [6.07, 6.45) is 9.02. The van der Waals surface area contributed by atoms with Crippen molar-refractivity contribution < 1.29 is 14.7 Å². The lowest BCUT2D eigenvalue weighted by Gasteiger charge is -2.45. The molecule has 0 aromatic carbocycles. The van der Waals surface area contributed by atoms with E-state index in [1.165, 1.54) is 38.5 Å². The minimum Gasteiger partial charge on any atom is -0.480 e. The van der Waals surface area contributed by atoms with Crippen LogP contribution in [0.1, 0.15) is 44.9 Å². The molecule has 1 aliphatic carbocycles. The summed E-state index contributed by atoms with van der Waals surface area (Å²) in [6, 6.07) is 0. The molecule has 5 heteroatoms. The molecule has 2 fully saturated rings. The second kappa shape index (κ2) is 6.37. The third kappa shape index (κ3) is 4.20. The van der Waals surface area contributed by atoms with Crippen LogP contribution in [0.15, 0.2) is 0 Å². The largest absolute Gasteiger partial charge is 0.480 e. The molecule has 0 atom stereocenters. The highest BCUT2D eigenvalue weighted by atomic mass is 16.4. The van der Waals surface area contributed by atoms with Gasteiger partial charge < -0.3 is 10.4 Å². The van der Waals surface area contributed by atoms with E-state index in [0.717, 1.165) is 19.5 Å². The molecule has 0 aromatic rings. The fraction of sp³-hybridized carbons (Fsp3) is 0.857. The average Bonchev–Trinajstić information content (AvgIpc) is 2.37. The van der Waals surface area contributed by atoms with Crippen LogP contribution >= 0.6 is 0 Å². The number of piperidine rings is 1. The minimum atomic E-state index is -0.990. The molecule has 2 N–H and O–H groups in total. The zero-order valence-corrected chi connectivity index (χ0v) is 11.5. The van der Waals surface area contributed by atoms with Gasteiger partial charge in [0.1, 0.15) is 6.54 Å². The van der Waals surface area contributed by atoms with Crippen molar-refractivity contribution in [2.75, 3.05) is 26.2 Å². The van der Waals surface area contributed by atoms with Gasteiger partial charge in [0.25, 0.3) is 0 Å². The molecule has 1 aliphatic heterocycles. The van der Waals surface area contributed by atoms with Gasteiger partial charge >= 0.3 is 5.97 Å².